The van der Waals surface area contributed by atoms with E-state index in [9.17, 15) is 0 Å². The Morgan fingerprint density at radius 2 is 1.55 bits per heavy atom. The smallest absolute Gasteiger partial charge is 0.227 e. The number of anilines is 3. The summed E-state index contributed by atoms with van der Waals surface area (Å²) in [7, 11) is 1.70. The second kappa shape index (κ2) is 9.33. The molecule has 1 aromatic heterocycles. The van der Waals surface area contributed by atoms with Gasteiger partial charge in [0.2, 0.25) is 5.95 Å². The third-order valence-corrected chi connectivity index (χ3v) is 6.05. The average Bonchev–Trinajstić information content (AvgIpc) is 3.02. The van der Waals surface area contributed by atoms with Gasteiger partial charge in [0.15, 0.2) is 0 Å². The van der Waals surface area contributed by atoms with Gasteiger partial charge in [0.05, 0.1) is 7.11 Å². The first kappa shape index (κ1) is 19.8. The Bertz CT molecular complexity index is 778. The molecule has 0 amide bonds. The second-order valence-electron chi connectivity index (χ2n) is 8.20. The summed E-state index contributed by atoms with van der Waals surface area (Å²) in [6.07, 6.45) is 7.87. The van der Waals surface area contributed by atoms with Gasteiger partial charge in [0.25, 0.3) is 0 Å². The fraction of sp³-hybridized carbons (Fsp3) is 0.565. The topological polar surface area (TPSA) is 53.5 Å². The maximum Gasteiger partial charge on any atom is 0.227 e. The van der Waals surface area contributed by atoms with E-state index in [4.69, 9.17) is 14.7 Å². The normalized spacial score (nSPS) is 18.4. The van der Waals surface area contributed by atoms with E-state index >= 15 is 0 Å². The molecule has 2 fully saturated rings. The summed E-state index contributed by atoms with van der Waals surface area (Å²) in [5.74, 6) is 2.74. The quantitative estimate of drug-likeness (QED) is 0.764. The monoisotopic (exact) mass is 395 g/mol. The number of nitrogens with one attached hydrogen (secondary N) is 1. The van der Waals surface area contributed by atoms with E-state index in [-0.39, 0.29) is 0 Å². The lowest BCUT2D eigenvalue weighted by molar-refractivity contribution is 0.415. The van der Waals surface area contributed by atoms with Crippen LogP contribution < -0.4 is 19.9 Å². The molecule has 2 aromatic rings. The van der Waals surface area contributed by atoms with Crippen molar-refractivity contribution >= 4 is 17.5 Å². The molecule has 0 unspecified atom stereocenters. The van der Waals surface area contributed by atoms with Gasteiger partial charge < -0.3 is 19.9 Å². The fourth-order valence-corrected chi connectivity index (χ4v) is 4.36. The Hall–Kier alpha value is -2.50. The van der Waals surface area contributed by atoms with Crippen LogP contribution in [0.25, 0.3) is 0 Å². The van der Waals surface area contributed by atoms with Gasteiger partial charge in [0, 0.05) is 49.7 Å². The summed E-state index contributed by atoms with van der Waals surface area (Å²) in [6, 6.07) is 10.9. The van der Waals surface area contributed by atoms with E-state index in [2.05, 4.69) is 40.2 Å². The maximum absolute atomic E-state index is 5.27. The lowest BCUT2D eigenvalue weighted by Crippen LogP contribution is -2.47. The standard InChI is InChI=1S/C23H33N5O/c1-18-17-22(25-19-7-5-3-4-6-8-19)26-23(24-18)28-15-13-27(14-16-28)20-9-11-21(29-2)12-10-20/h9-12,17,19H,3-8,13-16H2,1-2H3,(H,24,25,26). The van der Waals surface area contributed by atoms with Gasteiger partial charge in [-0.1, -0.05) is 25.7 Å². The molecular formula is C23H33N5O. The van der Waals surface area contributed by atoms with E-state index in [1.54, 1.807) is 7.11 Å². The number of nitrogens with zero attached hydrogens (tertiary/aromatic N) is 4. The van der Waals surface area contributed by atoms with Crippen LogP contribution in [0.3, 0.4) is 0 Å². The molecule has 0 atom stereocenters. The number of aromatic nitrogens is 2. The van der Waals surface area contributed by atoms with Crippen molar-refractivity contribution in [1.29, 1.82) is 0 Å². The van der Waals surface area contributed by atoms with Crippen LogP contribution in [0.15, 0.2) is 30.3 Å². The Morgan fingerprint density at radius 3 is 2.21 bits per heavy atom. The molecule has 1 aliphatic carbocycles. The maximum atomic E-state index is 5.27. The van der Waals surface area contributed by atoms with Crippen LogP contribution in [-0.2, 0) is 0 Å². The molecule has 6 heteroatoms. The van der Waals surface area contributed by atoms with Gasteiger partial charge in [-0.3, -0.25) is 0 Å². The molecular weight excluding hydrogens is 362 g/mol. The first-order valence-electron chi connectivity index (χ1n) is 11.0. The average molecular weight is 396 g/mol. The minimum atomic E-state index is 0.548. The molecule has 29 heavy (non-hydrogen) atoms. The van der Waals surface area contributed by atoms with Crippen LogP contribution >= 0.6 is 0 Å². The SMILES string of the molecule is COc1ccc(N2CCN(c3nc(C)cc(NC4CCCCCC4)n3)CC2)cc1. The molecule has 6 nitrogen and oxygen atoms in total. The van der Waals surface area contributed by atoms with Crippen molar-refractivity contribution in [3.63, 3.8) is 0 Å². The van der Waals surface area contributed by atoms with Crippen LogP contribution in [0.5, 0.6) is 5.75 Å². The Balaban J connectivity index is 1.39. The molecule has 2 aliphatic rings. The van der Waals surface area contributed by atoms with Crippen molar-refractivity contribution in [2.24, 2.45) is 0 Å². The van der Waals surface area contributed by atoms with Crippen molar-refractivity contribution in [2.45, 2.75) is 51.5 Å². The lowest BCUT2D eigenvalue weighted by Gasteiger charge is -2.36. The van der Waals surface area contributed by atoms with E-state index in [0.717, 1.165) is 49.4 Å². The van der Waals surface area contributed by atoms with Gasteiger partial charge in [-0.25, -0.2) is 4.98 Å². The number of ether oxygens (including phenoxy) is 1. The van der Waals surface area contributed by atoms with Crippen LogP contribution in [0.1, 0.15) is 44.2 Å². The van der Waals surface area contributed by atoms with Crippen LogP contribution in [0.4, 0.5) is 17.5 Å². The molecule has 156 valence electrons. The molecule has 1 aromatic carbocycles. The third kappa shape index (κ3) is 5.11. The van der Waals surface area contributed by atoms with Crippen molar-refractivity contribution in [2.75, 3.05) is 48.4 Å². The van der Waals surface area contributed by atoms with Gasteiger partial charge >= 0.3 is 0 Å². The summed E-state index contributed by atoms with van der Waals surface area (Å²) in [5, 5.41) is 3.69. The second-order valence-corrected chi connectivity index (χ2v) is 8.20. The lowest BCUT2D eigenvalue weighted by atomic mass is 10.1. The zero-order chi connectivity index (χ0) is 20.1. The highest BCUT2D eigenvalue weighted by Gasteiger charge is 2.21. The predicted molar refractivity (Wildman–Crippen MR) is 119 cm³/mol. The predicted octanol–water partition coefficient (Wildman–Crippen LogP) is 4.25. The molecule has 0 radical (unpaired) electrons. The van der Waals surface area contributed by atoms with Gasteiger partial charge in [-0.15, -0.1) is 0 Å². The molecule has 1 aliphatic heterocycles. The number of hydrogen-bond acceptors (Lipinski definition) is 6. The molecule has 1 saturated heterocycles. The summed E-state index contributed by atoms with van der Waals surface area (Å²) in [4.78, 5) is 14.3. The molecule has 1 N–H and O–H groups in total. The Labute approximate surface area is 174 Å². The van der Waals surface area contributed by atoms with Crippen LogP contribution in [0, 0.1) is 6.92 Å². The van der Waals surface area contributed by atoms with Crippen LogP contribution in [0.2, 0.25) is 0 Å². The number of hydrogen-bond donors (Lipinski definition) is 1. The summed E-state index contributed by atoms with van der Waals surface area (Å²) in [5.41, 5.74) is 2.27. The first-order chi connectivity index (χ1) is 14.2. The molecule has 2 heterocycles. The zero-order valence-electron chi connectivity index (χ0n) is 17.7. The summed E-state index contributed by atoms with van der Waals surface area (Å²) >= 11 is 0. The third-order valence-electron chi connectivity index (χ3n) is 6.05. The first-order valence-corrected chi connectivity index (χ1v) is 11.0. The Kier molecular flexibility index (Phi) is 6.37. The zero-order valence-corrected chi connectivity index (χ0v) is 17.7. The van der Waals surface area contributed by atoms with Gasteiger partial charge in [-0.05, 0) is 44.0 Å². The minimum Gasteiger partial charge on any atom is -0.497 e. The number of methoxy groups -OCH3 is 1. The van der Waals surface area contributed by atoms with E-state index < -0.39 is 0 Å². The van der Waals surface area contributed by atoms with E-state index in [0.29, 0.717) is 6.04 Å². The van der Waals surface area contributed by atoms with Crippen molar-refractivity contribution in [3.05, 3.63) is 36.0 Å². The fourth-order valence-electron chi connectivity index (χ4n) is 4.36. The number of benzene rings is 1. The molecule has 1 saturated carbocycles. The molecule has 4 rings (SSSR count). The van der Waals surface area contributed by atoms with Gasteiger partial charge in [-0.2, -0.15) is 4.98 Å². The highest BCUT2D eigenvalue weighted by molar-refractivity contribution is 5.51. The van der Waals surface area contributed by atoms with Crippen LogP contribution in [-0.4, -0.2) is 49.3 Å². The molecule has 0 bridgehead atoms. The van der Waals surface area contributed by atoms with Crippen molar-refractivity contribution < 1.29 is 4.74 Å². The largest absolute Gasteiger partial charge is 0.497 e. The van der Waals surface area contributed by atoms with Crippen molar-refractivity contribution in [3.8, 4) is 5.75 Å². The highest BCUT2D eigenvalue weighted by Crippen LogP contribution is 2.24. The number of piperazine rings is 1. The number of rotatable bonds is 5. The summed E-state index contributed by atoms with van der Waals surface area (Å²) in [6.45, 7) is 5.86. The minimum absolute atomic E-state index is 0.548. The highest BCUT2D eigenvalue weighted by atomic mass is 16.5. The van der Waals surface area contributed by atoms with Gasteiger partial charge in [0.1, 0.15) is 11.6 Å². The summed E-state index contributed by atoms with van der Waals surface area (Å²) < 4.78 is 5.27. The van der Waals surface area contributed by atoms with E-state index in [1.807, 2.05) is 12.1 Å². The van der Waals surface area contributed by atoms with Crippen molar-refractivity contribution in [1.82, 2.24) is 9.97 Å². The van der Waals surface area contributed by atoms with E-state index in [1.165, 1.54) is 44.2 Å². The molecule has 0 spiro atoms. The Morgan fingerprint density at radius 1 is 0.897 bits per heavy atom. The number of aryl methyl sites for hydroxylation is 1.